The molecule has 0 aromatic carbocycles. The van der Waals surface area contributed by atoms with Crippen molar-refractivity contribution in [3.05, 3.63) is 47.6 Å². The van der Waals surface area contributed by atoms with Crippen LogP contribution in [0.1, 0.15) is 65.2 Å². The fraction of sp³-hybridized carbons (Fsp3) is 0.579. The Morgan fingerprint density at radius 3 is 1.48 bits per heavy atom. The standard InChI is InChI=1S/2C9H13.CH3Cl.Zr/c2*1-2-3-6-9-7-4-5-8-9;1-2;/h2*4,7H,2-3,5-6H2,1H3;1H3;/q2*-1;;+2. The molecule has 0 spiro atoms. The Labute approximate surface area is 156 Å². The van der Waals surface area contributed by atoms with Crippen molar-refractivity contribution >= 4 is 11.6 Å². The summed E-state index contributed by atoms with van der Waals surface area (Å²) >= 11 is 4.64. The molecule has 0 heterocycles. The maximum absolute atomic E-state index is 4.64. The van der Waals surface area contributed by atoms with Crippen LogP contribution in [0.4, 0.5) is 0 Å². The van der Waals surface area contributed by atoms with Gasteiger partial charge in [-0.3, -0.25) is 12.2 Å². The summed E-state index contributed by atoms with van der Waals surface area (Å²) in [5.74, 6) is 0. The molecule has 0 bridgehead atoms. The van der Waals surface area contributed by atoms with Crippen LogP contribution >= 0.6 is 11.6 Å². The summed E-state index contributed by atoms with van der Waals surface area (Å²) in [6, 6.07) is 0. The van der Waals surface area contributed by atoms with E-state index in [1.165, 1.54) is 56.1 Å². The molecule has 116 valence electrons. The second-order valence-corrected chi connectivity index (χ2v) is 4.82. The van der Waals surface area contributed by atoms with Gasteiger partial charge in [0, 0.05) is 6.38 Å². The molecule has 0 nitrogen and oxygen atoms in total. The van der Waals surface area contributed by atoms with Crippen LogP contribution < -0.4 is 0 Å². The van der Waals surface area contributed by atoms with Crippen LogP contribution in [0.5, 0.6) is 0 Å². The molecule has 0 amide bonds. The summed E-state index contributed by atoms with van der Waals surface area (Å²) in [6.07, 6.45) is 26.5. The SMILES string of the molecule is CCCCC1=[C-]CC=C1.CCCCC1=[C-]CC=C1.CCl.[Zr+2]. The molecule has 0 fully saturated rings. The topological polar surface area (TPSA) is 0 Å². The number of alkyl halides is 1. The second-order valence-electron chi connectivity index (χ2n) is 4.82. The summed E-state index contributed by atoms with van der Waals surface area (Å²) in [7, 11) is 0. The van der Waals surface area contributed by atoms with Crippen LogP contribution in [0.3, 0.4) is 0 Å². The fourth-order valence-electron chi connectivity index (χ4n) is 1.98. The average Bonchev–Trinajstić information content (AvgIpc) is 3.19. The van der Waals surface area contributed by atoms with Gasteiger partial charge in [0.15, 0.2) is 0 Å². The Morgan fingerprint density at radius 1 is 0.857 bits per heavy atom. The number of allylic oxidation sites excluding steroid dienone is 8. The minimum absolute atomic E-state index is 0. The Morgan fingerprint density at radius 2 is 1.24 bits per heavy atom. The first-order valence-corrected chi connectivity index (χ1v) is 8.52. The van der Waals surface area contributed by atoms with Crippen molar-refractivity contribution in [1.82, 2.24) is 0 Å². The first-order chi connectivity index (χ1) is 9.86. The van der Waals surface area contributed by atoms with Crippen LogP contribution in [0.15, 0.2) is 35.5 Å². The Kier molecular flexibility index (Phi) is 20.3. The van der Waals surface area contributed by atoms with Crippen molar-refractivity contribution in [3.63, 3.8) is 0 Å². The van der Waals surface area contributed by atoms with E-state index in [1.807, 2.05) is 0 Å². The molecule has 21 heavy (non-hydrogen) atoms. The molecule has 2 rings (SSSR count). The van der Waals surface area contributed by atoms with Crippen LogP contribution in [0.25, 0.3) is 0 Å². The van der Waals surface area contributed by atoms with E-state index in [0.29, 0.717) is 0 Å². The first-order valence-electron chi connectivity index (χ1n) is 7.77. The van der Waals surface area contributed by atoms with E-state index in [9.17, 15) is 0 Å². The second kappa shape index (κ2) is 18.2. The molecular weight excluding hydrogens is 355 g/mol. The quantitative estimate of drug-likeness (QED) is 0.358. The number of hydrogen-bond acceptors (Lipinski definition) is 0. The maximum atomic E-state index is 4.64. The minimum atomic E-state index is 0. The van der Waals surface area contributed by atoms with Gasteiger partial charge < -0.3 is 0 Å². The normalized spacial score (nSPS) is 14.3. The zero-order chi connectivity index (χ0) is 15.1. The molecule has 2 heteroatoms. The zero-order valence-electron chi connectivity index (χ0n) is 13.8. The van der Waals surface area contributed by atoms with E-state index in [1.54, 1.807) is 0 Å². The fourth-order valence-corrected chi connectivity index (χ4v) is 1.98. The third-order valence-corrected chi connectivity index (χ3v) is 3.13. The summed E-state index contributed by atoms with van der Waals surface area (Å²) in [4.78, 5) is 0. The molecule has 0 aromatic heterocycles. The molecule has 0 radical (unpaired) electrons. The minimum Gasteiger partial charge on any atom is -0.269 e. The Hall–Kier alpha value is 0.133. The molecule has 2 aliphatic rings. The predicted octanol–water partition coefficient (Wildman–Crippen LogP) is 6.58. The summed E-state index contributed by atoms with van der Waals surface area (Å²) in [5.41, 5.74) is 2.83. The largest absolute Gasteiger partial charge is 2.00 e. The van der Waals surface area contributed by atoms with Crippen LogP contribution in [-0.4, -0.2) is 6.38 Å². The maximum Gasteiger partial charge on any atom is 2.00 e. The van der Waals surface area contributed by atoms with Gasteiger partial charge in [-0.15, -0.1) is 24.4 Å². The van der Waals surface area contributed by atoms with Crippen LogP contribution in [-0.2, 0) is 26.2 Å². The number of halogens is 1. The Balaban J connectivity index is 0. The first kappa shape index (κ1) is 23.4. The molecule has 0 N–H and O–H groups in total. The van der Waals surface area contributed by atoms with E-state index in [-0.39, 0.29) is 26.2 Å². The van der Waals surface area contributed by atoms with Gasteiger partial charge in [0.05, 0.1) is 0 Å². The molecular formula is C19H29ClZr. The van der Waals surface area contributed by atoms with E-state index in [2.05, 4.69) is 61.9 Å². The van der Waals surface area contributed by atoms with Crippen molar-refractivity contribution in [2.24, 2.45) is 0 Å². The van der Waals surface area contributed by atoms with Gasteiger partial charge >= 0.3 is 26.2 Å². The van der Waals surface area contributed by atoms with Crippen molar-refractivity contribution in [3.8, 4) is 0 Å². The van der Waals surface area contributed by atoms with Gasteiger partial charge in [0.2, 0.25) is 0 Å². The van der Waals surface area contributed by atoms with Gasteiger partial charge in [-0.2, -0.15) is 12.2 Å². The number of unbranched alkanes of at least 4 members (excludes halogenated alkanes) is 2. The Bertz CT molecular complexity index is 303. The molecule has 0 saturated carbocycles. The average molecular weight is 384 g/mol. The van der Waals surface area contributed by atoms with Gasteiger partial charge in [-0.25, -0.2) is 23.3 Å². The van der Waals surface area contributed by atoms with E-state index in [4.69, 9.17) is 0 Å². The molecule has 0 atom stereocenters. The van der Waals surface area contributed by atoms with E-state index >= 15 is 0 Å². The molecule has 0 unspecified atom stereocenters. The van der Waals surface area contributed by atoms with Gasteiger partial charge in [-0.1, -0.05) is 52.4 Å². The zero-order valence-corrected chi connectivity index (χ0v) is 17.1. The predicted molar refractivity (Wildman–Crippen MR) is 91.9 cm³/mol. The molecule has 2 aliphatic carbocycles. The monoisotopic (exact) mass is 382 g/mol. The summed E-state index contributed by atoms with van der Waals surface area (Å²) in [6.45, 7) is 4.44. The van der Waals surface area contributed by atoms with Gasteiger partial charge in [0.25, 0.3) is 0 Å². The van der Waals surface area contributed by atoms with Gasteiger partial charge in [0.1, 0.15) is 0 Å². The van der Waals surface area contributed by atoms with Crippen molar-refractivity contribution in [2.75, 3.05) is 6.38 Å². The summed E-state index contributed by atoms with van der Waals surface area (Å²) in [5, 5.41) is 0. The molecule has 0 aromatic rings. The smallest absolute Gasteiger partial charge is 0.269 e. The van der Waals surface area contributed by atoms with Crippen molar-refractivity contribution in [2.45, 2.75) is 65.2 Å². The number of rotatable bonds is 6. The summed E-state index contributed by atoms with van der Waals surface area (Å²) < 4.78 is 0. The van der Waals surface area contributed by atoms with Gasteiger partial charge in [-0.05, 0) is 0 Å². The van der Waals surface area contributed by atoms with Crippen molar-refractivity contribution in [1.29, 1.82) is 0 Å². The van der Waals surface area contributed by atoms with Crippen molar-refractivity contribution < 1.29 is 26.2 Å². The van der Waals surface area contributed by atoms with Crippen LogP contribution in [0.2, 0.25) is 0 Å². The van der Waals surface area contributed by atoms with Crippen LogP contribution in [0, 0.1) is 12.2 Å². The number of hydrogen-bond donors (Lipinski definition) is 0. The third-order valence-electron chi connectivity index (χ3n) is 3.13. The third kappa shape index (κ3) is 13.5. The van der Waals surface area contributed by atoms with E-state index in [0.717, 1.165) is 12.8 Å². The molecule has 0 aliphatic heterocycles. The van der Waals surface area contributed by atoms with E-state index < -0.39 is 0 Å². The molecule has 0 saturated heterocycles.